The minimum absolute atomic E-state index is 0.0485. The van der Waals surface area contributed by atoms with Crippen molar-refractivity contribution in [2.45, 2.75) is 19.9 Å². The minimum atomic E-state index is -0.217. The van der Waals surface area contributed by atoms with Crippen molar-refractivity contribution in [2.24, 2.45) is 5.92 Å². The van der Waals surface area contributed by atoms with E-state index in [4.69, 9.17) is 28.9 Å². The van der Waals surface area contributed by atoms with Crippen LogP contribution in [0, 0.1) is 5.92 Å². The fourth-order valence-electron chi connectivity index (χ4n) is 1.97. The molecule has 1 aromatic heterocycles. The van der Waals surface area contributed by atoms with Crippen molar-refractivity contribution in [3.05, 3.63) is 50.1 Å². The molecule has 0 aliphatic heterocycles. The van der Waals surface area contributed by atoms with Crippen molar-refractivity contribution >= 4 is 46.1 Å². The van der Waals surface area contributed by atoms with Gasteiger partial charge in [0.15, 0.2) is 0 Å². The summed E-state index contributed by atoms with van der Waals surface area (Å²) in [6.45, 7) is 4.13. The van der Waals surface area contributed by atoms with Gasteiger partial charge in [0.1, 0.15) is 0 Å². The number of nitrogen functional groups attached to an aromatic ring is 1. The predicted octanol–water partition coefficient (Wildman–Crippen LogP) is 4.76. The van der Waals surface area contributed by atoms with Crippen LogP contribution in [0.3, 0.4) is 0 Å². The zero-order chi connectivity index (χ0) is 15.6. The Bertz CT molecular complexity index is 618. The van der Waals surface area contributed by atoms with E-state index in [1.807, 2.05) is 17.5 Å². The summed E-state index contributed by atoms with van der Waals surface area (Å²) in [7, 11) is 0. The Hall–Kier alpha value is -1.23. The highest BCUT2D eigenvalue weighted by molar-refractivity contribution is 7.10. The van der Waals surface area contributed by atoms with Crippen LogP contribution in [-0.4, -0.2) is 5.91 Å². The summed E-state index contributed by atoms with van der Waals surface area (Å²) in [4.78, 5) is 13.5. The van der Waals surface area contributed by atoms with Gasteiger partial charge in [-0.2, -0.15) is 0 Å². The van der Waals surface area contributed by atoms with E-state index in [2.05, 4.69) is 19.2 Å². The van der Waals surface area contributed by atoms with Gasteiger partial charge in [-0.25, -0.2) is 0 Å². The van der Waals surface area contributed by atoms with Gasteiger partial charge < -0.3 is 11.1 Å². The largest absolute Gasteiger partial charge is 0.396 e. The first kappa shape index (κ1) is 16.1. The maximum atomic E-state index is 12.4. The third-order valence-electron chi connectivity index (χ3n) is 3.14. The summed E-state index contributed by atoms with van der Waals surface area (Å²) >= 11 is 13.6. The lowest BCUT2D eigenvalue weighted by Gasteiger charge is -2.21. The molecule has 21 heavy (non-hydrogen) atoms. The summed E-state index contributed by atoms with van der Waals surface area (Å²) < 4.78 is 0. The standard InChI is InChI=1S/C15H16Cl2N2OS/c1-8(2)14(12-4-3-5-21-12)19-15(20)9-6-10(16)13(18)11(17)7-9/h3-8,14H,18H2,1-2H3,(H,19,20). The van der Waals surface area contributed by atoms with Crippen molar-refractivity contribution in [1.29, 1.82) is 0 Å². The average molecular weight is 343 g/mol. The first-order valence-electron chi connectivity index (χ1n) is 6.49. The summed E-state index contributed by atoms with van der Waals surface area (Å²) in [6.07, 6.45) is 0. The fraction of sp³-hybridized carbons (Fsp3) is 0.267. The third-order valence-corrected chi connectivity index (χ3v) is 4.73. The molecule has 1 aromatic carbocycles. The molecule has 2 aromatic rings. The lowest BCUT2D eigenvalue weighted by Crippen LogP contribution is -2.31. The second-order valence-corrected chi connectivity index (χ2v) is 6.86. The van der Waals surface area contributed by atoms with Gasteiger partial charge in [0.2, 0.25) is 0 Å². The molecule has 1 amide bonds. The molecule has 1 unspecified atom stereocenters. The zero-order valence-corrected chi connectivity index (χ0v) is 14.0. The van der Waals surface area contributed by atoms with Crippen LogP contribution in [0.4, 0.5) is 5.69 Å². The van der Waals surface area contributed by atoms with Gasteiger partial charge in [-0.05, 0) is 29.5 Å². The third kappa shape index (κ3) is 3.70. The number of thiophene rings is 1. The highest BCUT2D eigenvalue weighted by atomic mass is 35.5. The molecule has 1 atom stereocenters. The van der Waals surface area contributed by atoms with Gasteiger partial charge >= 0.3 is 0 Å². The molecule has 3 N–H and O–H groups in total. The van der Waals surface area contributed by atoms with Crippen LogP contribution < -0.4 is 11.1 Å². The molecule has 0 saturated carbocycles. The van der Waals surface area contributed by atoms with Gasteiger partial charge in [-0.3, -0.25) is 4.79 Å². The lowest BCUT2D eigenvalue weighted by molar-refractivity contribution is 0.0926. The first-order chi connectivity index (χ1) is 9.90. The number of anilines is 1. The molecule has 0 spiro atoms. The highest BCUT2D eigenvalue weighted by Crippen LogP contribution is 2.30. The number of benzene rings is 1. The predicted molar refractivity (Wildman–Crippen MR) is 90.2 cm³/mol. The average Bonchev–Trinajstić information content (AvgIpc) is 2.94. The first-order valence-corrected chi connectivity index (χ1v) is 8.12. The van der Waals surface area contributed by atoms with E-state index >= 15 is 0 Å². The van der Waals surface area contributed by atoms with Gasteiger partial charge in [0.25, 0.3) is 5.91 Å². The number of hydrogen-bond acceptors (Lipinski definition) is 3. The van der Waals surface area contributed by atoms with E-state index in [0.29, 0.717) is 5.56 Å². The number of amides is 1. The SMILES string of the molecule is CC(C)C(NC(=O)c1cc(Cl)c(N)c(Cl)c1)c1cccs1. The molecule has 0 saturated heterocycles. The van der Waals surface area contributed by atoms with E-state index in [1.165, 1.54) is 12.1 Å². The van der Waals surface area contributed by atoms with Crippen molar-refractivity contribution < 1.29 is 4.79 Å². The number of hydrogen-bond donors (Lipinski definition) is 2. The Balaban J connectivity index is 2.24. The molecule has 6 heteroatoms. The van der Waals surface area contributed by atoms with Crippen LogP contribution in [0.5, 0.6) is 0 Å². The smallest absolute Gasteiger partial charge is 0.251 e. The number of carbonyl (C=O) groups excluding carboxylic acids is 1. The molecule has 0 aliphatic carbocycles. The lowest BCUT2D eigenvalue weighted by atomic mass is 10.0. The maximum absolute atomic E-state index is 12.4. The highest BCUT2D eigenvalue weighted by Gasteiger charge is 2.21. The Kier molecular flexibility index (Phi) is 5.14. The number of halogens is 2. The molecule has 0 fully saturated rings. The van der Waals surface area contributed by atoms with Gasteiger partial charge in [-0.15, -0.1) is 11.3 Å². The van der Waals surface area contributed by atoms with Crippen molar-refractivity contribution in [3.8, 4) is 0 Å². The van der Waals surface area contributed by atoms with E-state index in [0.717, 1.165) is 4.88 Å². The quantitative estimate of drug-likeness (QED) is 0.786. The molecular formula is C15H16Cl2N2OS. The maximum Gasteiger partial charge on any atom is 0.251 e. The Morgan fingerprint density at radius 3 is 2.38 bits per heavy atom. The minimum Gasteiger partial charge on any atom is -0.396 e. The molecule has 0 radical (unpaired) electrons. The van der Waals surface area contributed by atoms with E-state index in [9.17, 15) is 4.79 Å². The normalized spacial score (nSPS) is 12.4. The summed E-state index contributed by atoms with van der Waals surface area (Å²) in [5, 5.41) is 5.58. The monoisotopic (exact) mass is 342 g/mol. The molecule has 0 bridgehead atoms. The summed E-state index contributed by atoms with van der Waals surface area (Å²) in [5.74, 6) is 0.0539. The summed E-state index contributed by atoms with van der Waals surface area (Å²) in [5.41, 5.74) is 6.37. The number of nitrogens with two attached hydrogens (primary N) is 1. The Morgan fingerprint density at radius 2 is 1.90 bits per heavy atom. The topological polar surface area (TPSA) is 55.1 Å². The molecule has 3 nitrogen and oxygen atoms in total. The van der Waals surface area contributed by atoms with Crippen LogP contribution in [0.1, 0.15) is 35.1 Å². The Labute approximate surface area is 138 Å². The van der Waals surface area contributed by atoms with Crippen LogP contribution in [0.15, 0.2) is 29.6 Å². The Morgan fingerprint density at radius 1 is 1.29 bits per heavy atom. The zero-order valence-electron chi connectivity index (χ0n) is 11.7. The van der Waals surface area contributed by atoms with Crippen molar-refractivity contribution in [3.63, 3.8) is 0 Å². The molecule has 1 heterocycles. The van der Waals surface area contributed by atoms with Crippen LogP contribution in [0.2, 0.25) is 10.0 Å². The second kappa shape index (κ2) is 6.69. The summed E-state index contributed by atoms with van der Waals surface area (Å²) in [6, 6.07) is 7.00. The molecule has 112 valence electrons. The van der Waals surface area contributed by atoms with Crippen LogP contribution in [0.25, 0.3) is 0 Å². The molecule has 0 aliphatic rings. The van der Waals surface area contributed by atoms with Crippen LogP contribution in [-0.2, 0) is 0 Å². The number of nitrogens with one attached hydrogen (secondary N) is 1. The van der Waals surface area contributed by atoms with E-state index < -0.39 is 0 Å². The fourth-order valence-corrected chi connectivity index (χ4v) is 3.41. The second-order valence-electron chi connectivity index (χ2n) is 5.06. The molecule has 2 rings (SSSR count). The van der Waals surface area contributed by atoms with E-state index in [-0.39, 0.29) is 33.6 Å². The number of rotatable bonds is 4. The van der Waals surface area contributed by atoms with Gasteiger partial charge in [-0.1, -0.05) is 43.1 Å². The van der Waals surface area contributed by atoms with Gasteiger partial charge in [0.05, 0.1) is 21.8 Å². The molecular weight excluding hydrogens is 327 g/mol. The van der Waals surface area contributed by atoms with Gasteiger partial charge in [0, 0.05) is 10.4 Å². The van der Waals surface area contributed by atoms with Crippen molar-refractivity contribution in [1.82, 2.24) is 5.32 Å². The number of carbonyl (C=O) groups is 1. The van der Waals surface area contributed by atoms with Crippen molar-refractivity contribution in [2.75, 3.05) is 5.73 Å². The van der Waals surface area contributed by atoms with Crippen LogP contribution >= 0.6 is 34.5 Å². The van der Waals surface area contributed by atoms with E-state index in [1.54, 1.807) is 11.3 Å².